The van der Waals surface area contributed by atoms with E-state index >= 15 is 0 Å². The van der Waals surface area contributed by atoms with Crippen LogP contribution in [-0.2, 0) is 12.8 Å². The van der Waals surface area contributed by atoms with Crippen LogP contribution in [0.3, 0.4) is 0 Å². The van der Waals surface area contributed by atoms with Crippen molar-refractivity contribution in [2.24, 2.45) is 5.92 Å². The quantitative estimate of drug-likeness (QED) is 0.608. The Balaban J connectivity index is 1.73. The fourth-order valence-corrected chi connectivity index (χ4v) is 2.78. The Morgan fingerprint density at radius 3 is 2.53 bits per heavy atom. The van der Waals surface area contributed by atoms with Gasteiger partial charge in [-0.25, -0.2) is 0 Å². The molecule has 4 heteroatoms. The zero-order valence-corrected chi connectivity index (χ0v) is 12.2. The Morgan fingerprint density at radius 2 is 1.79 bits per heavy atom. The highest BCUT2D eigenvalue weighted by molar-refractivity contribution is 4.85. The van der Waals surface area contributed by atoms with Crippen molar-refractivity contribution in [2.45, 2.75) is 64.7 Å². The van der Waals surface area contributed by atoms with Crippen molar-refractivity contribution in [1.82, 2.24) is 15.5 Å². The van der Waals surface area contributed by atoms with E-state index in [1.165, 1.54) is 38.5 Å². The van der Waals surface area contributed by atoms with Crippen molar-refractivity contribution in [1.29, 1.82) is 0 Å². The molecule has 0 saturated heterocycles. The molecule has 0 spiro atoms. The van der Waals surface area contributed by atoms with Gasteiger partial charge in [0.25, 0.3) is 0 Å². The van der Waals surface area contributed by atoms with Gasteiger partial charge in [-0.3, -0.25) is 0 Å². The van der Waals surface area contributed by atoms with E-state index in [-0.39, 0.29) is 0 Å². The first-order valence-electron chi connectivity index (χ1n) is 7.90. The first kappa shape index (κ1) is 14.5. The molecular weight excluding hydrogens is 238 g/mol. The zero-order chi connectivity index (χ0) is 13.3. The number of hydrogen-bond donors (Lipinski definition) is 1. The molecule has 1 fully saturated rings. The fraction of sp³-hybridized carbons (Fsp3) is 0.867. The summed E-state index contributed by atoms with van der Waals surface area (Å²) < 4.78 is 5.75. The van der Waals surface area contributed by atoms with Gasteiger partial charge in [-0.2, -0.15) is 0 Å². The summed E-state index contributed by atoms with van der Waals surface area (Å²) >= 11 is 0. The topological polar surface area (TPSA) is 51.0 Å². The van der Waals surface area contributed by atoms with Crippen LogP contribution in [0.2, 0.25) is 0 Å². The molecule has 0 amide bonds. The molecule has 19 heavy (non-hydrogen) atoms. The van der Waals surface area contributed by atoms with Crippen molar-refractivity contribution in [3.8, 4) is 0 Å². The maximum atomic E-state index is 5.75. The van der Waals surface area contributed by atoms with Crippen LogP contribution < -0.4 is 5.32 Å². The lowest BCUT2D eigenvalue weighted by Crippen LogP contribution is -2.17. The van der Waals surface area contributed by atoms with Crippen molar-refractivity contribution < 1.29 is 4.42 Å². The molecule has 4 nitrogen and oxygen atoms in total. The van der Waals surface area contributed by atoms with E-state index in [1.54, 1.807) is 0 Å². The standard InChI is InChI=1S/C15H27N3O/c1-2-10-16-11-9-14-17-18-15(19-14)12-13-7-5-3-4-6-8-13/h13,16H,2-12H2,1H3. The average Bonchev–Trinajstić information content (AvgIpc) is 2.69. The molecular formula is C15H27N3O. The number of nitrogens with zero attached hydrogens (tertiary/aromatic N) is 2. The minimum Gasteiger partial charge on any atom is -0.425 e. The SMILES string of the molecule is CCCNCCc1nnc(CC2CCCCCC2)o1. The fourth-order valence-electron chi connectivity index (χ4n) is 2.78. The van der Waals surface area contributed by atoms with Crippen molar-refractivity contribution in [2.75, 3.05) is 13.1 Å². The minimum absolute atomic E-state index is 0.758. The van der Waals surface area contributed by atoms with Crippen LogP contribution in [0.4, 0.5) is 0 Å². The highest BCUT2D eigenvalue weighted by Gasteiger charge is 2.16. The Labute approximate surface area is 116 Å². The van der Waals surface area contributed by atoms with Gasteiger partial charge in [0.05, 0.1) is 0 Å². The molecule has 108 valence electrons. The van der Waals surface area contributed by atoms with Crippen LogP contribution >= 0.6 is 0 Å². The van der Waals surface area contributed by atoms with Crippen LogP contribution in [0.5, 0.6) is 0 Å². The van der Waals surface area contributed by atoms with Gasteiger partial charge in [-0.05, 0) is 31.7 Å². The van der Waals surface area contributed by atoms with Crippen LogP contribution in [-0.4, -0.2) is 23.3 Å². The van der Waals surface area contributed by atoms with Gasteiger partial charge in [0.1, 0.15) is 0 Å². The highest BCUT2D eigenvalue weighted by atomic mass is 16.4. The molecule has 1 N–H and O–H groups in total. The van der Waals surface area contributed by atoms with Crippen molar-refractivity contribution >= 4 is 0 Å². The van der Waals surface area contributed by atoms with Gasteiger partial charge < -0.3 is 9.73 Å². The molecule has 0 radical (unpaired) electrons. The Hall–Kier alpha value is -0.900. The molecule has 2 rings (SSSR count). The maximum absolute atomic E-state index is 5.75. The van der Waals surface area contributed by atoms with Gasteiger partial charge >= 0.3 is 0 Å². The van der Waals surface area contributed by atoms with E-state index in [0.717, 1.165) is 50.1 Å². The minimum atomic E-state index is 0.758. The van der Waals surface area contributed by atoms with Gasteiger partial charge in [0, 0.05) is 19.4 Å². The smallest absolute Gasteiger partial charge is 0.217 e. The third-order valence-corrected chi connectivity index (χ3v) is 3.89. The molecule has 0 atom stereocenters. The monoisotopic (exact) mass is 265 g/mol. The summed E-state index contributed by atoms with van der Waals surface area (Å²) in [5.41, 5.74) is 0. The molecule has 1 aliphatic rings. The number of nitrogens with one attached hydrogen (secondary N) is 1. The molecule has 1 heterocycles. The third-order valence-electron chi connectivity index (χ3n) is 3.89. The Bertz CT molecular complexity index is 343. The second kappa shape index (κ2) is 8.31. The predicted octanol–water partition coefficient (Wildman–Crippen LogP) is 3.12. The summed E-state index contributed by atoms with van der Waals surface area (Å²) in [4.78, 5) is 0. The summed E-state index contributed by atoms with van der Waals surface area (Å²) in [5.74, 6) is 2.39. The second-order valence-corrected chi connectivity index (χ2v) is 5.65. The van der Waals surface area contributed by atoms with Crippen LogP contribution in [0.15, 0.2) is 4.42 Å². The predicted molar refractivity (Wildman–Crippen MR) is 76.1 cm³/mol. The van der Waals surface area contributed by atoms with E-state index in [9.17, 15) is 0 Å². The molecule has 0 unspecified atom stereocenters. The molecule has 0 bridgehead atoms. The van der Waals surface area contributed by atoms with E-state index in [4.69, 9.17) is 4.42 Å². The summed E-state index contributed by atoms with van der Waals surface area (Å²) in [6.45, 7) is 4.16. The van der Waals surface area contributed by atoms with Crippen LogP contribution in [0, 0.1) is 5.92 Å². The van der Waals surface area contributed by atoms with Gasteiger partial charge in [-0.1, -0.05) is 32.6 Å². The van der Waals surface area contributed by atoms with Crippen LogP contribution in [0.1, 0.15) is 63.7 Å². The lowest BCUT2D eigenvalue weighted by Gasteiger charge is -2.10. The molecule has 1 aromatic heterocycles. The van der Waals surface area contributed by atoms with E-state index in [1.807, 2.05) is 0 Å². The van der Waals surface area contributed by atoms with Gasteiger partial charge in [-0.15, -0.1) is 10.2 Å². The van der Waals surface area contributed by atoms with E-state index in [0.29, 0.717) is 0 Å². The summed E-state index contributed by atoms with van der Waals surface area (Å²) in [6, 6.07) is 0. The first-order valence-corrected chi connectivity index (χ1v) is 7.90. The highest BCUT2D eigenvalue weighted by Crippen LogP contribution is 2.25. The Kier molecular flexibility index (Phi) is 6.34. The van der Waals surface area contributed by atoms with Gasteiger partial charge in [0.15, 0.2) is 0 Å². The van der Waals surface area contributed by atoms with E-state index < -0.39 is 0 Å². The molecule has 1 saturated carbocycles. The molecule has 1 aromatic rings. The van der Waals surface area contributed by atoms with Crippen molar-refractivity contribution in [3.63, 3.8) is 0 Å². The Morgan fingerprint density at radius 1 is 1.05 bits per heavy atom. The van der Waals surface area contributed by atoms with Crippen molar-refractivity contribution in [3.05, 3.63) is 11.8 Å². The summed E-state index contributed by atoms with van der Waals surface area (Å²) in [6.07, 6.45) is 11.2. The van der Waals surface area contributed by atoms with Gasteiger partial charge in [0.2, 0.25) is 11.8 Å². The third kappa shape index (κ3) is 5.31. The number of rotatable bonds is 7. The number of hydrogen-bond acceptors (Lipinski definition) is 4. The molecule has 0 aliphatic heterocycles. The first-order chi connectivity index (χ1) is 9.38. The lowest BCUT2D eigenvalue weighted by atomic mass is 9.97. The normalized spacial score (nSPS) is 17.5. The second-order valence-electron chi connectivity index (χ2n) is 5.65. The molecule has 0 aromatic carbocycles. The zero-order valence-electron chi connectivity index (χ0n) is 12.2. The average molecular weight is 265 g/mol. The van der Waals surface area contributed by atoms with E-state index in [2.05, 4.69) is 22.4 Å². The van der Waals surface area contributed by atoms with Crippen LogP contribution in [0.25, 0.3) is 0 Å². The lowest BCUT2D eigenvalue weighted by molar-refractivity contribution is 0.378. The molecule has 1 aliphatic carbocycles. The maximum Gasteiger partial charge on any atom is 0.217 e. The summed E-state index contributed by atoms with van der Waals surface area (Å²) in [5, 5.41) is 11.7. The summed E-state index contributed by atoms with van der Waals surface area (Å²) in [7, 11) is 0. The number of aromatic nitrogens is 2. The largest absolute Gasteiger partial charge is 0.425 e.